The van der Waals surface area contributed by atoms with Crippen molar-refractivity contribution in [2.24, 2.45) is 5.92 Å². The van der Waals surface area contributed by atoms with Crippen LogP contribution in [0.1, 0.15) is 31.7 Å². The van der Waals surface area contributed by atoms with Gasteiger partial charge in [0.15, 0.2) is 0 Å². The third-order valence-corrected chi connectivity index (χ3v) is 7.87. The summed E-state index contributed by atoms with van der Waals surface area (Å²) in [5.41, 5.74) is 0.973. The zero-order chi connectivity index (χ0) is 24.3. The maximum Gasteiger partial charge on any atom is 0.326 e. The number of aryl methyl sites for hydroxylation is 1. The van der Waals surface area contributed by atoms with E-state index in [1.165, 1.54) is 16.1 Å². The Morgan fingerprint density at radius 2 is 1.85 bits per heavy atom. The fourth-order valence-corrected chi connectivity index (χ4v) is 5.70. The van der Waals surface area contributed by atoms with Gasteiger partial charge in [0, 0.05) is 19.1 Å². The highest BCUT2D eigenvalue weighted by Gasteiger charge is 2.50. The number of benzene rings is 1. The van der Waals surface area contributed by atoms with Gasteiger partial charge >= 0.3 is 11.9 Å². The first-order chi connectivity index (χ1) is 15.5. The summed E-state index contributed by atoms with van der Waals surface area (Å²) in [5, 5.41) is 22.2. The van der Waals surface area contributed by atoms with Gasteiger partial charge in [-0.1, -0.05) is 30.3 Å². The molecule has 11 heteroatoms. The first kappa shape index (κ1) is 25.1. The number of nitrogens with zero attached hydrogens (tertiary/aromatic N) is 2. The topological polar surface area (TPSA) is 144 Å². The number of nitrogens with one attached hydrogen (secondary N) is 1. The number of rotatable bonds is 9. The first-order valence-corrected chi connectivity index (χ1v) is 12.9. The molecule has 2 fully saturated rings. The normalized spacial score (nSPS) is 25.3. The summed E-state index contributed by atoms with van der Waals surface area (Å²) >= 11 is 0. The number of amides is 1. The van der Waals surface area contributed by atoms with Crippen molar-refractivity contribution in [3.8, 4) is 0 Å². The van der Waals surface area contributed by atoms with Crippen molar-refractivity contribution in [1.29, 1.82) is 0 Å². The quantitative estimate of drug-likeness (QED) is 0.459. The molecule has 2 saturated heterocycles. The number of carbonyl (C=O) groups is 3. The van der Waals surface area contributed by atoms with E-state index in [2.05, 4.69) is 5.32 Å². The van der Waals surface area contributed by atoms with Crippen LogP contribution in [0.15, 0.2) is 30.3 Å². The van der Waals surface area contributed by atoms with Gasteiger partial charge in [-0.05, 0) is 44.1 Å². The lowest BCUT2D eigenvalue weighted by Crippen LogP contribution is -2.58. The van der Waals surface area contributed by atoms with Crippen LogP contribution in [0.5, 0.6) is 0 Å². The first-order valence-electron chi connectivity index (χ1n) is 11.0. The number of likely N-dealkylation sites (tertiary alicyclic amines) is 1. The molecule has 0 aliphatic carbocycles. The second-order valence-electron chi connectivity index (χ2n) is 8.88. The fourth-order valence-electron chi connectivity index (χ4n) is 4.84. The van der Waals surface area contributed by atoms with Crippen LogP contribution in [0.2, 0.25) is 0 Å². The summed E-state index contributed by atoms with van der Waals surface area (Å²) < 4.78 is 25.4. The predicted molar refractivity (Wildman–Crippen MR) is 120 cm³/mol. The minimum atomic E-state index is -3.48. The lowest BCUT2D eigenvalue weighted by Gasteiger charge is -2.38. The molecule has 0 bridgehead atoms. The number of hydrogen-bond acceptors (Lipinski definition) is 6. The largest absolute Gasteiger partial charge is 0.480 e. The molecule has 0 unspecified atom stereocenters. The van der Waals surface area contributed by atoms with Gasteiger partial charge < -0.3 is 15.1 Å². The molecule has 1 aromatic carbocycles. The molecule has 2 heterocycles. The van der Waals surface area contributed by atoms with E-state index in [0.717, 1.165) is 11.8 Å². The summed E-state index contributed by atoms with van der Waals surface area (Å²) in [5.74, 6) is -2.89. The van der Waals surface area contributed by atoms with Crippen LogP contribution in [-0.4, -0.2) is 89.2 Å². The third kappa shape index (κ3) is 5.90. The molecule has 2 aliphatic rings. The molecule has 10 nitrogen and oxygen atoms in total. The van der Waals surface area contributed by atoms with Crippen LogP contribution in [0, 0.1) is 5.92 Å². The number of aliphatic carboxylic acids is 2. The molecular formula is C22H31N3O7S. The Morgan fingerprint density at radius 3 is 2.42 bits per heavy atom. The molecular weight excluding hydrogens is 450 g/mol. The van der Waals surface area contributed by atoms with Crippen LogP contribution in [0.25, 0.3) is 0 Å². The van der Waals surface area contributed by atoms with Gasteiger partial charge in [0.1, 0.15) is 12.1 Å². The van der Waals surface area contributed by atoms with E-state index in [0.29, 0.717) is 19.4 Å². The monoisotopic (exact) mass is 481 g/mol. The number of piperidine rings is 1. The highest BCUT2D eigenvalue weighted by molar-refractivity contribution is 7.88. The molecule has 0 spiro atoms. The Bertz CT molecular complexity index is 985. The number of carboxylic acid groups (broad SMARTS) is 2. The molecule has 33 heavy (non-hydrogen) atoms. The number of fused-ring (bicyclic) bond motifs is 1. The van der Waals surface area contributed by atoms with Crippen molar-refractivity contribution in [3.05, 3.63) is 35.9 Å². The molecule has 0 aromatic heterocycles. The van der Waals surface area contributed by atoms with Crippen molar-refractivity contribution in [2.75, 3.05) is 19.3 Å². The van der Waals surface area contributed by atoms with Crippen LogP contribution in [0.3, 0.4) is 0 Å². The average Bonchev–Trinajstić information content (AvgIpc) is 3.15. The summed E-state index contributed by atoms with van der Waals surface area (Å²) in [6.07, 6.45) is 2.58. The number of carbonyl (C=O) groups excluding carboxylic acids is 1. The molecule has 1 aromatic rings. The zero-order valence-corrected chi connectivity index (χ0v) is 19.6. The smallest absolute Gasteiger partial charge is 0.326 e. The summed E-state index contributed by atoms with van der Waals surface area (Å²) in [7, 11) is -3.48. The fraction of sp³-hybridized carbons (Fsp3) is 0.591. The number of hydrogen-bond donors (Lipinski definition) is 3. The SMILES string of the molecule is C[C@H](N[C@H](CCc1ccccc1)C(=O)O)C(=O)N1[C@@H]2CN(S(C)(=O)=O)CC[C@@H]2C[C@H]1C(=O)O. The van der Waals surface area contributed by atoms with E-state index in [-0.39, 0.29) is 25.3 Å². The molecule has 5 atom stereocenters. The van der Waals surface area contributed by atoms with Gasteiger partial charge in [0.2, 0.25) is 15.9 Å². The summed E-state index contributed by atoms with van der Waals surface area (Å²) in [6, 6.07) is 5.83. The van der Waals surface area contributed by atoms with Gasteiger partial charge in [0.05, 0.1) is 12.3 Å². The van der Waals surface area contributed by atoms with Crippen LogP contribution < -0.4 is 5.32 Å². The Labute approximate surface area is 193 Å². The van der Waals surface area contributed by atoms with E-state index >= 15 is 0 Å². The van der Waals surface area contributed by atoms with Crippen molar-refractivity contribution in [3.63, 3.8) is 0 Å². The van der Waals surface area contributed by atoms with E-state index in [9.17, 15) is 33.0 Å². The zero-order valence-electron chi connectivity index (χ0n) is 18.8. The highest BCUT2D eigenvalue weighted by atomic mass is 32.2. The molecule has 0 radical (unpaired) electrons. The van der Waals surface area contributed by atoms with E-state index in [4.69, 9.17) is 0 Å². The molecule has 2 aliphatic heterocycles. The van der Waals surface area contributed by atoms with Gasteiger partial charge in [-0.3, -0.25) is 14.9 Å². The van der Waals surface area contributed by atoms with Gasteiger partial charge in [-0.2, -0.15) is 0 Å². The predicted octanol–water partition coefficient (Wildman–Crippen LogP) is 0.386. The molecule has 3 rings (SSSR count). The standard InChI is InChI=1S/C22H31N3O7S/c1-14(23-17(21(27)28)9-8-15-6-4-3-5-7-15)20(26)25-18(22(29)30)12-16-10-11-24(13-19(16)25)33(2,31)32/h3-7,14,16-19,23H,8-13H2,1-2H3,(H,27,28)(H,29,30)/t14-,16+,17+,18-,19+/m0/s1. The van der Waals surface area contributed by atoms with E-state index < -0.39 is 52.0 Å². The van der Waals surface area contributed by atoms with Crippen LogP contribution in [0.4, 0.5) is 0 Å². The van der Waals surface area contributed by atoms with Gasteiger partial charge in [-0.25, -0.2) is 17.5 Å². The minimum absolute atomic E-state index is 0.0438. The van der Waals surface area contributed by atoms with Crippen LogP contribution >= 0.6 is 0 Å². The second-order valence-corrected chi connectivity index (χ2v) is 10.9. The van der Waals surface area contributed by atoms with Crippen molar-refractivity contribution in [1.82, 2.24) is 14.5 Å². The van der Waals surface area contributed by atoms with Crippen molar-refractivity contribution in [2.45, 2.75) is 56.8 Å². The van der Waals surface area contributed by atoms with E-state index in [1.807, 2.05) is 30.3 Å². The van der Waals surface area contributed by atoms with E-state index in [1.54, 1.807) is 0 Å². The number of sulfonamides is 1. The minimum Gasteiger partial charge on any atom is -0.480 e. The lowest BCUT2D eigenvalue weighted by molar-refractivity contribution is -0.151. The van der Waals surface area contributed by atoms with Gasteiger partial charge in [-0.15, -0.1) is 0 Å². The van der Waals surface area contributed by atoms with Crippen LogP contribution in [-0.2, 0) is 30.8 Å². The average molecular weight is 482 g/mol. The molecule has 1 amide bonds. The summed E-state index contributed by atoms with van der Waals surface area (Å²) in [6.45, 7) is 1.86. The Balaban J connectivity index is 1.73. The third-order valence-electron chi connectivity index (χ3n) is 6.60. The second kappa shape index (κ2) is 10.2. The Kier molecular flexibility index (Phi) is 7.76. The van der Waals surface area contributed by atoms with Crippen molar-refractivity contribution >= 4 is 27.9 Å². The van der Waals surface area contributed by atoms with Gasteiger partial charge in [0.25, 0.3) is 0 Å². The lowest BCUT2D eigenvalue weighted by atomic mass is 9.92. The number of carboxylic acids is 2. The van der Waals surface area contributed by atoms with Crippen molar-refractivity contribution < 1.29 is 33.0 Å². The Morgan fingerprint density at radius 1 is 1.18 bits per heavy atom. The maximum absolute atomic E-state index is 13.3. The Hall–Kier alpha value is -2.50. The molecule has 0 saturated carbocycles. The maximum atomic E-state index is 13.3. The molecule has 182 valence electrons. The highest BCUT2D eigenvalue weighted by Crippen LogP contribution is 2.37. The molecule has 3 N–H and O–H groups in total. The summed E-state index contributed by atoms with van der Waals surface area (Å²) in [4.78, 5) is 38.3.